The van der Waals surface area contributed by atoms with Crippen LogP contribution < -0.4 is 0 Å². The fourth-order valence-electron chi connectivity index (χ4n) is 0.780. The van der Waals surface area contributed by atoms with Crippen LogP contribution in [0.3, 0.4) is 0 Å². The van der Waals surface area contributed by atoms with Crippen LogP contribution in [0, 0.1) is 5.92 Å². The van der Waals surface area contributed by atoms with Crippen LogP contribution in [-0.2, 0) is 6.42 Å². The van der Waals surface area contributed by atoms with Gasteiger partial charge in [-0.25, -0.2) is 0 Å². The largest absolute Gasteiger partial charge is 0.396 e. The Kier molecular flexibility index (Phi) is 3.45. The smallest absolute Gasteiger partial charge is 0.0743 e. The standard InChI is InChI=1S/C7H12N2OS/c1-6(5-10)2-3-7-4-8-11-9-7/h4,6,10H,2-3,5H2,1H3. The summed E-state index contributed by atoms with van der Waals surface area (Å²) in [6.45, 7) is 2.29. The zero-order chi connectivity index (χ0) is 8.10. The van der Waals surface area contributed by atoms with Crippen LogP contribution in [0.2, 0.25) is 0 Å². The number of aryl methyl sites for hydroxylation is 1. The first-order valence-corrected chi connectivity index (χ1v) is 4.43. The fraction of sp³-hybridized carbons (Fsp3) is 0.714. The highest BCUT2D eigenvalue weighted by atomic mass is 32.1. The molecule has 1 rings (SSSR count). The number of rotatable bonds is 4. The topological polar surface area (TPSA) is 46.0 Å². The van der Waals surface area contributed by atoms with Crippen molar-refractivity contribution in [2.75, 3.05) is 6.61 Å². The Bertz CT molecular complexity index is 188. The van der Waals surface area contributed by atoms with E-state index in [9.17, 15) is 0 Å². The predicted molar refractivity (Wildman–Crippen MR) is 44.5 cm³/mol. The molecule has 0 bridgehead atoms. The van der Waals surface area contributed by atoms with Gasteiger partial charge in [-0.05, 0) is 18.8 Å². The highest BCUT2D eigenvalue weighted by Crippen LogP contribution is 2.06. The molecule has 1 atom stereocenters. The van der Waals surface area contributed by atoms with Gasteiger partial charge in [-0.3, -0.25) is 0 Å². The van der Waals surface area contributed by atoms with E-state index in [1.807, 2.05) is 6.92 Å². The first-order valence-electron chi connectivity index (χ1n) is 3.70. The van der Waals surface area contributed by atoms with Gasteiger partial charge in [0.15, 0.2) is 0 Å². The Labute approximate surface area is 70.4 Å². The third kappa shape index (κ3) is 2.95. The third-order valence-electron chi connectivity index (χ3n) is 1.61. The molecule has 0 aromatic carbocycles. The Hall–Kier alpha value is -0.480. The third-order valence-corrected chi connectivity index (χ3v) is 2.13. The molecule has 0 aliphatic rings. The lowest BCUT2D eigenvalue weighted by atomic mass is 10.1. The molecule has 1 aromatic heterocycles. The van der Waals surface area contributed by atoms with Gasteiger partial charge in [-0.1, -0.05) is 6.92 Å². The van der Waals surface area contributed by atoms with Crippen LogP contribution in [0.15, 0.2) is 6.20 Å². The second kappa shape index (κ2) is 4.41. The second-order valence-corrected chi connectivity index (χ2v) is 3.28. The Morgan fingerprint density at radius 1 is 1.73 bits per heavy atom. The van der Waals surface area contributed by atoms with E-state index in [0.717, 1.165) is 18.5 Å². The van der Waals surface area contributed by atoms with Crippen molar-refractivity contribution in [3.63, 3.8) is 0 Å². The molecule has 0 aliphatic heterocycles. The van der Waals surface area contributed by atoms with E-state index in [4.69, 9.17) is 5.11 Å². The number of nitrogens with zero attached hydrogens (tertiary/aromatic N) is 2. The highest BCUT2D eigenvalue weighted by Gasteiger charge is 2.01. The van der Waals surface area contributed by atoms with E-state index in [-0.39, 0.29) is 6.61 Å². The zero-order valence-corrected chi connectivity index (χ0v) is 7.34. The van der Waals surface area contributed by atoms with Crippen molar-refractivity contribution < 1.29 is 5.11 Å². The Morgan fingerprint density at radius 3 is 3.09 bits per heavy atom. The molecular formula is C7H12N2OS. The van der Waals surface area contributed by atoms with Gasteiger partial charge in [0.05, 0.1) is 23.6 Å². The van der Waals surface area contributed by atoms with E-state index >= 15 is 0 Å². The quantitative estimate of drug-likeness (QED) is 0.739. The van der Waals surface area contributed by atoms with E-state index < -0.39 is 0 Å². The molecule has 11 heavy (non-hydrogen) atoms. The summed E-state index contributed by atoms with van der Waals surface area (Å²) in [4.78, 5) is 0. The van der Waals surface area contributed by atoms with Crippen LogP contribution >= 0.6 is 11.7 Å². The molecule has 0 radical (unpaired) electrons. The first kappa shape index (κ1) is 8.62. The molecule has 0 aliphatic carbocycles. The lowest BCUT2D eigenvalue weighted by Gasteiger charge is -2.03. The average molecular weight is 172 g/mol. The van der Waals surface area contributed by atoms with Crippen LogP contribution in [-0.4, -0.2) is 20.5 Å². The van der Waals surface area contributed by atoms with Crippen LogP contribution in [0.5, 0.6) is 0 Å². The van der Waals surface area contributed by atoms with Crippen LogP contribution in [0.25, 0.3) is 0 Å². The van der Waals surface area contributed by atoms with Gasteiger partial charge >= 0.3 is 0 Å². The summed E-state index contributed by atoms with van der Waals surface area (Å²) in [6.07, 6.45) is 3.70. The number of aliphatic hydroxyl groups excluding tert-OH is 1. The zero-order valence-electron chi connectivity index (χ0n) is 6.53. The number of hydrogen-bond donors (Lipinski definition) is 1. The molecule has 0 fully saturated rings. The molecule has 1 N–H and O–H groups in total. The maximum Gasteiger partial charge on any atom is 0.0743 e. The Balaban J connectivity index is 2.23. The van der Waals surface area contributed by atoms with Crippen molar-refractivity contribution in [2.24, 2.45) is 5.92 Å². The summed E-state index contributed by atoms with van der Waals surface area (Å²) >= 11 is 1.24. The van der Waals surface area contributed by atoms with Crippen molar-refractivity contribution >= 4 is 11.7 Å². The normalized spacial score (nSPS) is 13.3. The minimum atomic E-state index is 0.261. The number of aliphatic hydroxyl groups is 1. The average Bonchev–Trinajstić information content (AvgIpc) is 2.52. The highest BCUT2D eigenvalue weighted by molar-refractivity contribution is 6.99. The molecule has 0 amide bonds. The molecule has 0 saturated carbocycles. The van der Waals surface area contributed by atoms with Crippen molar-refractivity contribution in [3.8, 4) is 0 Å². The lowest BCUT2D eigenvalue weighted by molar-refractivity contribution is 0.230. The molecule has 1 heterocycles. The van der Waals surface area contributed by atoms with Crippen molar-refractivity contribution in [3.05, 3.63) is 11.9 Å². The van der Waals surface area contributed by atoms with Crippen LogP contribution in [0.1, 0.15) is 19.0 Å². The van der Waals surface area contributed by atoms with Gasteiger partial charge < -0.3 is 5.11 Å². The SMILES string of the molecule is CC(CO)CCc1cnsn1. The number of hydrogen-bond acceptors (Lipinski definition) is 4. The van der Waals surface area contributed by atoms with E-state index in [0.29, 0.717) is 5.92 Å². The van der Waals surface area contributed by atoms with E-state index in [1.165, 1.54) is 11.7 Å². The van der Waals surface area contributed by atoms with Crippen LogP contribution in [0.4, 0.5) is 0 Å². The van der Waals surface area contributed by atoms with Gasteiger partial charge in [-0.15, -0.1) is 0 Å². The summed E-state index contributed by atoms with van der Waals surface area (Å²) in [5.74, 6) is 0.372. The van der Waals surface area contributed by atoms with Crippen molar-refractivity contribution in [2.45, 2.75) is 19.8 Å². The van der Waals surface area contributed by atoms with Gasteiger partial charge in [0, 0.05) is 6.61 Å². The first-order chi connectivity index (χ1) is 5.33. The molecule has 1 aromatic rings. The minimum Gasteiger partial charge on any atom is -0.396 e. The van der Waals surface area contributed by atoms with E-state index in [1.54, 1.807) is 6.20 Å². The van der Waals surface area contributed by atoms with Gasteiger partial charge in [0.25, 0.3) is 0 Å². The minimum absolute atomic E-state index is 0.261. The maximum atomic E-state index is 8.73. The molecule has 1 unspecified atom stereocenters. The summed E-state index contributed by atoms with van der Waals surface area (Å²) in [5.41, 5.74) is 1.04. The summed E-state index contributed by atoms with van der Waals surface area (Å²) in [6, 6.07) is 0. The predicted octanol–water partition coefficient (Wildman–Crippen LogP) is 1.10. The molecule has 3 nitrogen and oxygen atoms in total. The molecule has 4 heteroatoms. The maximum absolute atomic E-state index is 8.73. The molecule has 0 saturated heterocycles. The number of aromatic nitrogens is 2. The van der Waals surface area contributed by atoms with Gasteiger partial charge in [0.2, 0.25) is 0 Å². The summed E-state index contributed by atoms with van der Waals surface area (Å²) in [7, 11) is 0. The molecule has 0 spiro atoms. The summed E-state index contributed by atoms with van der Waals surface area (Å²) in [5, 5.41) is 8.73. The lowest BCUT2D eigenvalue weighted by Crippen LogP contribution is -2.02. The van der Waals surface area contributed by atoms with Crippen molar-refractivity contribution in [1.82, 2.24) is 8.75 Å². The van der Waals surface area contributed by atoms with E-state index in [2.05, 4.69) is 8.75 Å². The second-order valence-electron chi connectivity index (χ2n) is 2.73. The fourth-order valence-corrected chi connectivity index (χ4v) is 1.24. The van der Waals surface area contributed by atoms with Gasteiger partial charge in [0.1, 0.15) is 0 Å². The van der Waals surface area contributed by atoms with Gasteiger partial charge in [-0.2, -0.15) is 8.75 Å². The monoisotopic (exact) mass is 172 g/mol. The van der Waals surface area contributed by atoms with Crippen molar-refractivity contribution in [1.29, 1.82) is 0 Å². The molecule has 62 valence electrons. The summed E-state index contributed by atoms with van der Waals surface area (Å²) < 4.78 is 7.97. The molecular weight excluding hydrogens is 160 g/mol. The Morgan fingerprint density at radius 2 is 2.55 bits per heavy atom.